The average Bonchev–Trinajstić information content (AvgIpc) is 2.90. The monoisotopic (exact) mass is 368 g/mol. The predicted molar refractivity (Wildman–Crippen MR) is 94.1 cm³/mol. The number of sulfone groups is 1. The van der Waals surface area contributed by atoms with Crippen LogP contribution in [0.4, 0.5) is 0 Å². The lowest BCUT2D eigenvalue weighted by Crippen LogP contribution is -2.45. The zero-order valence-corrected chi connectivity index (χ0v) is 15.3. The first-order valence-corrected chi connectivity index (χ1v) is 10.0. The highest BCUT2D eigenvalue weighted by Crippen LogP contribution is 2.20. The fourth-order valence-corrected chi connectivity index (χ4v) is 4.54. The molecule has 8 heteroatoms. The van der Waals surface area contributed by atoms with Crippen molar-refractivity contribution in [3.63, 3.8) is 0 Å². The molecule has 2 rings (SSSR count). The summed E-state index contributed by atoms with van der Waals surface area (Å²) in [5.41, 5.74) is 5.53. The Hall–Kier alpha value is -2.09. The number of rotatable bonds is 7. The average molecular weight is 368 g/mol. The molecular weight excluding hydrogens is 344 g/mol. The zero-order valence-electron chi connectivity index (χ0n) is 14.5. The molecule has 2 N–H and O–H groups in total. The van der Waals surface area contributed by atoms with Crippen molar-refractivity contribution in [1.29, 1.82) is 0 Å². The summed E-state index contributed by atoms with van der Waals surface area (Å²) in [4.78, 5) is 25.2. The quantitative estimate of drug-likeness (QED) is 0.767. The fraction of sp³-hybridized carbons (Fsp3) is 0.529. The third-order valence-corrected chi connectivity index (χ3v) is 5.78. The molecule has 0 unspecified atom stereocenters. The first kappa shape index (κ1) is 19.2. The lowest BCUT2D eigenvalue weighted by Gasteiger charge is -2.29. The molecule has 7 nitrogen and oxygen atoms in total. The number of benzene rings is 1. The molecule has 0 radical (unpaired) electrons. The predicted octanol–water partition coefficient (Wildman–Crippen LogP) is 0.836. The molecule has 0 bridgehead atoms. The molecule has 1 aromatic carbocycles. The van der Waals surface area contributed by atoms with Gasteiger partial charge < -0.3 is 15.4 Å². The van der Waals surface area contributed by atoms with Crippen LogP contribution in [0.1, 0.15) is 30.6 Å². The summed E-state index contributed by atoms with van der Waals surface area (Å²) >= 11 is 0. The summed E-state index contributed by atoms with van der Waals surface area (Å²) in [7, 11) is -3.07. The smallest absolute Gasteiger partial charge is 0.260 e. The highest BCUT2D eigenvalue weighted by Gasteiger charge is 2.34. The second kappa shape index (κ2) is 7.86. The van der Waals surface area contributed by atoms with Crippen LogP contribution in [0, 0.1) is 5.92 Å². The maximum absolute atomic E-state index is 12.6. The first-order valence-electron chi connectivity index (χ1n) is 8.20. The van der Waals surface area contributed by atoms with Crippen LogP contribution in [0.15, 0.2) is 24.3 Å². The Morgan fingerprint density at radius 3 is 2.40 bits per heavy atom. The number of nitrogens with zero attached hydrogens (tertiary/aromatic N) is 1. The molecule has 0 spiro atoms. The molecule has 138 valence electrons. The van der Waals surface area contributed by atoms with E-state index in [1.165, 1.54) is 12.1 Å². The second-order valence-corrected chi connectivity index (χ2v) is 8.90. The molecule has 1 aliphatic heterocycles. The lowest BCUT2D eigenvalue weighted by molar-refractivity contribution is -0.135. The van der Waals surface area contributed by atoms with Gasteiger partial charge in [0.05, 0.1) is 11.5 Å². The third kappa shape index (κ3) is 5.45. The van der Waals surface area contributed by atoms with E-state index in [1.807, 2.05) is 13.8 Å². The van der Waals surface area contributed by atoms with Crippen LogP contribution in [-0.2, 0) is 14.6 Å². The highest BCUT2D eigenvalue weighted by atomic mass is 32.2. The minimum Gasteiger partial charge on any atom is -0.484 e. The molecular formula is C17H24N2O5S. The number of amides is 2. The zero-order chi connectivity index (χ0) is 18.6. The van der Waals surface area contributed by atoms with E-state index in [2.05, 4.69) is 0 Å². The van der Waals surface area contributed by atoms with Gasteiger partial charge in [-0.3, -0.25) is 9.59 Å². The molecule has 1 aliphatic rings. The van der Waals surface area contributed by atoms with Crippen LogP contribution in [0.5, 0.6) is 5.75 Å². The normalized spacial score (nSPS) is 18.9. The minimum absolute atomic E-state index is 0.0127. The second-order valence-electron chi connectivity index (χ2n) is 6.67. The van der Waals surface area contributed by atoms with Crippen LogP contribution in [0.3, 0.4) is 0 Å². The van der Waals surface area contributed by atoms with Crippen molar-refractivity contribution in [2.45, 2.75) is 26.3 Å². The van der Waals surface area contributed by atoms with E-state index in [4.69, 9.17) is 10.5 Å². The van der Waals surface area contributed by atoms with Crippen molar-refractivity contribution in [2.24, 2.45) is 11.7 Å². The molecule has 0 aromatic heterocycles. The number of primary amides is 1. The molecule has 1 heterocycles. The van der Waals surface area contributed by atoms with E-state index in [9.17, 15) is 18.0 Å². The van der Waals surface area contributed by atoms with Crippen LogP contribution in [0.2, 0.25) is 0 Å². The summed E-state index contributed by atoms with van der Waals surface area (Å²) < 4.78 is 28.9. The van der Waals surface area contributed by atoms with Gasteiger partial charge in [-0.2, -0.15) is 0 Å². The van der Waals surface area contributed by atoms with Crippen LogP contribution < -0.4 is 10.5 Å². The lowest BCUT2D eigenvalue weighted by atomic mass is 10.1. The molecule has 1 saturated heterocycles. The Morgan fingerprint density at radius 1 is 1.28 bits per heavy atom. The Balaban J connectivity index is 2.00. The maximum atomic E-state index is 12.6. The van der Waals surface area contributed by atoms with E-state index < -0.39 is 15.7 Å². The molecule has 1 aromatic rings. The summed E-state index contributed by atoms with van der Waals surface area (Å²) in [5, 5.41) is 0. The van der Waals surface area contributed by atoms with Crippen LogP contribution in [0.25, 0.3) is 0 Å². The number of carbonyl (C=O) groups is 2. The van der Waals surface area contributed by atoms with Crippen molar-refractivity contribution in [3.8, 4) is 5.75 Å². The maximum Gasteiger partial charge on any atom is 0.260 e. The van der Waals surface area contributed by atoms with Crippen LogP contribution >= 0.6 is 0 Å². The topological polar surface area (TPSA) is 107 Å². The van der Waals surface area contributed by atoms with Crippen molar-refractivity contribution in [1.82, 2.24) is 4.90 Å². The summed E-state index contributed by atoms with van der Waals surface area (Å²) in [6.07, 6.45) is 0.466. The van der Waals surface area contributed by atoms with Gasteiger partial charge in [-0.25, -0.2) is 8.42 Å². The van der Waals surface area contributed by atoms with Gasteiger partial charge in [-0.15, -0.1) is 0 Å². The van der Waals surface area contributed by atoms with E-state index in [0.29, 0.717) is 24.3 Å². The number of ether oxygens (including phenoxy) is 1. The molecule has 2 amide bonds. The summed E-state index contributed by atoms with van der Waals surface area (Å²) in [6, 6.07) is 5.90. The van der Waals surface area contributed by atoms with Gasteiger partial charge in [0.1, 0.15) is 5.75 Å². The van der Waals surface area contributed by atoms with Crippen molar-refractivity contribution >= 4 is 21.7 Å². The van der Waals surface area contributed by atoms with Gasteiger partial charge in [0.15, 0.2) is 16.4 Å². The molecule has 0 saturated carbocycles. The van der Waals surface area contributed by atoms with E-state index in [0.717, 1.165) is 0 Å². The number of hydrogen-bond acceptors (Lipinski definition) is 5. The SMILES string of the molecule is CC(C)CN(C(=O)COc1ccc(C(N)=O)cc1)[C@@H]1CCS(=O)(=O)C1. The summed E-state index contributed by atoms with van der Waals surface area (Å²) in [6.45, 7) is 4.27. The molecule has 0 aliphatic carbocycles. The molecule has 1 fully saturated rings. The Bertz CT molecular complexity index is 728. The molecule has 1 atom stereocenters. The molecule has 25 heavy (non-hydrogen) atoms. The summed E-state index contributed by atoms with van der Waals surface area (Å²) in [5.74, 6) is 0.0280. The van der Waals surface area contributed by atoms with Crippen LogP contribution in [-0.4, -0.2) is 55.8 Å². The minimum atomic E-state index is -3.07. The van der Waals surface area contributed by atoms with Gasteiger partial charge in [-0.1, -0.05) is 13.8 Å². The number of hydrogen-bond donors (Lipinski definition) is 1. The Labute approximate surface area is 148 Å². The van der Waals surface area contributed by atoms with Gasteiger partial charge in [0, 0.05) is 18.2 Å². The van der Waals surface area contributed by atoms with E-state index >= 15 is 0 Å². The fourth-order valence-electron chi connectivity index (χ4n) is 2.81. The van der Waals surface area contributed by atoms with Crippen molar-refractivity contribution < 1.29 is 22.7 Å². The van der Waals surface area contributed by atoms with Gasteiger partial charge in [0.2, 0.25) is 5.91 Å². The number of nitrogens with two attached hydrogens (primary N) is 1. The van der Waals surface area contributed by atoms with Gasteiger partial charge in [0.25, 0.3) is 5.91 Å². The van der Waals surface area contributed by atoms with Crippen molar-refractivity contribution in [2.75, 3.05) is 24.7 Å². The number of carbonyl (C=O) groups excluding carboxylic acids is 2. The van der Waals surface area contributed by atoms with Gasteiger partial charge >= 0.3 is 0 Å². The Kier molecular flexibility index (Phi) is 6.05. The first-order chi connectivity index (χ1) is 11.7. The van der Waals surface area contributed by atoms with E-state index in [-0.39, 0.29) is 36.0 Å². The van der Waals surface area contributed by atoms with Gasteiger partial charge in [-0.05, 0) is 36.6 Å². The largest absolute Gasteiger partial charge is 0.484 e. The Morgan fingerprint density at radius 2 is 1.92 bits per heavy atom. The third-order valence-electron chi connectivity index (χ3n) is 4.03. The standard InChI is InChI=1S/C17H24N2O5S/c1-12(2)9-19(14-7-8-25(22,23)11-14)16(20)10-24-15-5-3-13(4-6-15)17(18)21/h3-6,12,14H,7-11H2,1-2H3,(H2,18,21)/t14-/m1/s1. The van der Waals surface area contributed by atoms with Crippen molar-refractivity contribution in [3.05, 3.63) is 29.8 Å². The highest BCUT2D eigenvalue weighted by molar-refractivity contribution is 7.91. The van der Waals surface area contributed by atoms with E-state index in [1.54, 1.807) is 17.0 Å².